The van der Waals surface area contributed by atoms with Crippen LogP contribution in [-0.4, -0.2) is 32.9 Å². The molecule has 0 radical (unpaired) electrons. The van der Waals surface area contributed by atoms with Crippen molar-refractivity contribution in [3.05, 3.63) is 47.5 Å². The van der Waals surface area contributed by atoms with Crippen LogP contribution in [0.1, 0.15) is 17.2 Å². The standard InChI is InChI=1S/C21H20O6/c1-3-16-19(26-10-24-16)6-12(1)5-18-14-8-23-21(15(14)9-22-18)13-2-4-17-20(7-13)27-11-25-17/h1-4,6-7,14-15,18,21H,5,8-11H2/t14?,15?,18-,21-/m1/s1. The third-order valence-corrected chi connectivity index (χ3v) is 5.99. The number of hydrogen-bond donors (Lipinski definition) is 0. The monoisotopic (exact) mass is 368 g/mol. The Kier molecular flexibility index (Phi) is 3.49. The van der Waals surface area contributed by atoms with Crippen LogP contribution in [0.3, 0.4) is 0 Å². The van der Waals surface area contributed by atoms with Gasteiger partial charge in [-0.05, 0) is 41.8 Å². The molecule has 4 heterocycles. The lowest BCUT2D eigenvalue weighted by Gasteiger charge is -2.17. The Balaban J connectivity index is 1.19. The summed E-state index contributed by atoms with van der Waals surface area (Å²) in [5.74, 6) is 4.00. The predicted molar refractivity (Wildman–Crippen MR) is 94.2 cm³/mol. The summed E-state index contributed by atoms with van der Waals surface area (Å²) in [5, 5.41) is 0. The molecule has 4 aliphatic rings. The molecule has 0 aliphatic carbocycles. The molecule has 6 heteroatoms. The summed E-state index contributed by atoms with van der Waals surface area (Å²) in [5.41, 5.74) is 2.34. The molecule has 27 heavy (non-hydrogen) atoms. The molecule has 2 aromatic carbocycles. The van der Waals surface area contributed by atoms with Crippen LogP contribution in [0, 0.1) is 11.8 Å². The molecule has 0 saturated carbocycles. The first kappa shape index (κ1) is 15.6. The summed E-state index contributed by atoms with van der Waals surface area (Å²) in [6.07, 6.45) is 1.07. The Labute approximate surface area is 156 Å². The maximum atomic E-state index is 6.19. The molecule has 2 unspecified atom stereocenters. The van der Waals surface area contributed by atoms with Crippen molar-refractivity contribution in [3.63, 3.8) is 0 Å². The van der Waals surface area contributed by atoms with Gasteiger partial charge >= 0.3 is 0 Å². The molecule has 0 N–H and O–H groups in total. The highest BCUT2D eigenvalue weighted by molar-refractivity contribution is 5.46. The van der Waals surface area contributed by atoms with E-state index in [0.29, 0.717) is 18.6 Å². The smallest absolute Gasteiger partial charge is 0.231 e. The van der Waals surface area contributed by atoms with Gasteiger partial charge in [-0.15, -0.1) is 0 Å². The zero-order chi connectivity index (χ0) is 17.8. The lowest BCUT2D eigenvalue weighted by atomic mass is 9.85. The van der Waals surface area contributed by atoms with Crippen molar-refractivity contribution in [1.82, 2.24) is 0 Å². The Morgan fingerprint density at radius 3 is 2.26 bits per heavy atom. The van der Waals surface area contributed by atoms with Gasteiger partial charge in [-0.25, -0.2) is 0 Å². The van der Waals surface area contributed by atoms with Crippen LogP contribution in [-0.2, 0) is 15.9 Å². The normalized spacial score (nSPS) is 29.9. The average Bonchev–Trinajstić information content (AvgIpc) is 3.46. The van der Waals surface area contributed by atoms with Gasteiger partial charge in [0.05, 0.1) is 25.4 Å². The average molecular weight is 368 g/mol. The largest absolute Gasteiger partial charge is 0.454 e. The quantitative estimate of drug-likeness (QED) is 0.830. The van der Waals surface area contributed by atoms with Crippen LogP contribution in [0.4, 0.5) is 0 Å². The van der Waals surface area contributed by atoms with Gasteiger partial charge < -0.3 is 28.4 Å². The third-order valence-electron chi connectivity index (χ3n) is 5.99. The molecule has 0 spiro atoms. The zero-order valence-electron chi connectivity index (χ0n) is 14.8. The van der Waals surface area contributed by atoms with Crippen molar-refractivity contribution in [3.8, 4) is 23.0 Å². The van der Waals surface area contributed by atoms with Crippen molar-refractivity contribution in [2.24, 2.45) is 11.8 Å². The highest BCUT2D eigenvalue weighted by Crippen LogP contribution is 2.47. The number of ether oxygens (including phenoxy) is 6. The van der Waals surface area contributed by atoms with E-state index in [1.165, 1.54) is 5.56 Å². The van der Waals surface area contributed by atoms with Gasteiger partial charge in [-0.2, -0.15) is 0 Å². The van der Waals surface area contributed by atoms with E-state index < -0.39 is 0 Å². The molecular formula is C21H20O6. The van der Waals surface area contributed by atoms with E-state index in [1.54, 1.807) is 0 Å². The van der Waals surface area contributed by atoms with E-state index in [-0.39, 0.29) is 19.0 Å². The molecule has 4 atom stereocenters. The molecule has 140 valence electrons. The van der Waals surface area contributed by atoms with Gasteiger partial charge in [0.25, 0.3) is 0 Å². The zero-order valence-corrected chi connectivity index (χ0v) is 14.8. The first-order chi connectivity index (χ1) is 13.3. The van der Waals surface area contributed by atoms with Crippen LogP contribution in [0.25, 0.3) is 0 Å². The Hall–Kier alpha value is -2.44. The number of hydrogen-bond acceptors (Lipinski definition) is 6. The Morgan fingerprint density at radius 2 is 1.41 bits per heavy atom. The first-order valence-electron chi connectivity index (χ1n) is 9.36. The van der Waals surface area contributed by atoms with Crippen LogP contribution in [0.2, 0.25) is 0 Å². The summed E-state index contributed by atoms with van der Waals surface area (Å²) in [6.45, 7) is 2.03. The van der Waals surface area contributed by atoms with E-state index in [2.05, 4.69) is 18.2 Å². The molecule has 2 fully saturated rings. The number of benzene rings is 2. The fourth-order valence-corrected chi connectivity index (χ4v) is 4.58. The minimum Gasteiger partial charge on any atom is -0.454 e. The molecule has 0 aromatic heterocycles. The van der Waals surface area contributed by atoms with Crippen LogP contribution in [0.5, 0.6) is 23.0 Å². The maximum Gasteiger partial charge on any atom is 0.231 e. The van der Waals surface area contributed by atoms with Crippen molar-refractivity contribution in [2.75, 3.05) is 26.8 Å². The lowest BCUT2D eigenvalue weighted by Crippen LogP contribution is -2.22. The molecule has 2 saturated heterocycles. The predicted octanol–water partition coefficient (Wildman–Crippen LogP) is 3.09. The van der Waals surface area contributed by atoms with Gasteiger partial charge in [-0.1, -0.05) is 12.1 Å². The van der Waals surface area contributed by atoms with Crippen molar-refractivity contribution in [1.29, 1.82) is 0 Å². The summed E-state index contributed by atoms with van der Waals surface area (Å²) in [4.78, 5) is 0. The number of rotatable bonds is 3. The summed E-state index contributed by atoms with van der Waals surface area (Å²) < 4.78 is 34.2. The minimum absolute atomic E-state index is 0.0475. The van der Waals surface area contributed by atoms with Crippen LogP contribution in [0.15, 0.2) is 36.4 Å². The minimum atomic E-state index is 0.0475. The molecule has 6 rings (SSSR count). The van der Waals surface area contributed by atoms with E-state index in [1.807, 2.05) is 18.2 Å². The Bertz CT molecular complexity index is 881. The number of fused-ring (bicyclic) bond motifs is 3. The van der Waals surface area contributed by atoms with Crippen molar-refractivity contribution in [2.45, 2.75) is 18.6 Å². The molecule has 2 aromatic rings. The first-order valence-corrected chi connectivity index (χ1v) is 9.36. The van der Waals surface area contributed by atoms with E-state index in [4.69, 9.17) is 28.4 Å². The van der Waals surface area contributed by atoms with Gasteiger partial charge in [0.2, 0.25) is 13.6 Å². The van der Waals surface area contributed by atoms with Gasteiger partial charge in [0.15, 0.2) is 23.0 Å². The summed E-state index contributed by atoms with van der Waals surface area (Å²) in [6, 6.07) is 12.2. The van der Waals surface area contributed by atoms with Gasteiger partial charge in [0, 0.05) is 11.8 Å². The SMILES string of the molecule is c1cc2c(cc1C[C@H]1OCC3C1CO[C@@H]3c1ccc3c(c1)OCO3)OCO2. The van der Waals surface area contributed by atoms with Gasteiger partial charge in [-0.3, -0.25) is 0 Å². The molecule has 6 nitrogen and oxygen atoms in total. The lowest BCUT2D eigenvalue weighted by molar-refractivity contribution is 0.0202. The maximum absolute atomic E-state index is 6.19. The second-order valence-electron chi connectivity index (χ2n) is 7.46. The van der Waals surface area contributed by atoms with Crippen molar-refractivity contribution < 1.29 is 28.4 Å². The van der Waals surface area contributed by atoms with Crippen LogP contribution >= 0.6 is 0 Å². The fourth-order valence-electron chi connectivity index (χ4n) is 4.58. The van der Waals surface area contributed by atoms with E-state index in [0.717, 1.165) is 48.2 Å². The molecule has 0 amide bonds. The van der Waals surface area contributed by atoms with E-state index in [9.17, 15) is 0 Å². The van der Waals surface area contributed by atoms with Gasteiger partial charge in [0.1, 0.15) is 0 Å². The highest BCUT2D eigenvalue weighted by Gasteiger charge is 2.47. The molecular weight excluding hydrogens is 348 g/mol. The van der Waals surface area contributed by atoms with Crippen LogP contribution < -0.4 is 18.9 Å². The van der Waals surface area contributed by atoms with Crippen molar-refractivity contribution >= 4 is 0 Å². The summed E-state index contributed by atoms with van der Waals surface area (Å²) >= 11 is 0. The molecule has 0 bridgehead atoms. The fraction of sp³-hybridized carbons (Fsp3) is 0.429. The Morgan fingerprint density at radius 1 is 0.704 bits per heavy atom. The summed E-state index contributed by atoms with van der Waals surface area (Å²) in [7, 11) is 0. The third kappa shape index (κ3) is 2.55. The second-order valence-corrected chi connectivity index (χ2v) is 7.46. The van der Waals surface area contributed by atoms with E-state index >= 15 is 0 Å². The highest BCUT2D eigenvalue weighted by atomic mass is 16.7. The molecule has 4 aliphatic heterocycles. The topological polar surface area (TPSA) is 55.4 Å². The second kappa shape index (κ2) is 6.04.